The van der Waals surface area contributed by atoms with Gasteiger partial charge in [-0.1, -0.05) is 59.7 Å². The number of benzene rings is 1. The number of hydrogen-bond donors (Lipinski definition) is 0. The van der Waals surface area contributed by atoms with E-state index < -0.39 is 37.7 Å². The van der Waals surface area contributed by atoms with Crippen LogP contribution in [0.4, 0.5) is 0 Å². The molecule has 0 spiro atoms. The molecule has 174 valence electrons. The highest BCUT2D eigenvalue weighted by Gasteiger charge is 2.60. The average molecular weight is 451 g/mol. The summed E-state index contributed by atoms with van der Waals surface area (Å²) in [4.78, 5) is 26.4. The summed E-state index contributed by atoms with van der Waals surface area (Å²) < 4.78 is 24.0. The minimum absolute atomic E-state index is 0.0601. The molecular formula is C24H38O6Si. The monoisotopic (exact) mass is 450 g/mol. The predicted molar refractivity (Wildman–Crippen MR) is 122 cm³/mol. The highest BCUT2D eigenvalue weighted by molar-refractivity contribution is 6.74. The number of rotatable bonds is 7. The first-order valence-electron chi connectivity index (χ1n) is 10.8. The van der Waals surface area contributed by atoms with E-state index in [0.717, 1.165) is 0 Å². The van der Waals surface area contributed by atoms with E-state index in [-0.39, 0.29) is 17.4 Å². The van der Waals surface area contributed by atoms with Crippen molar-refractivity contribution in [3.05, 3.63) is 35.9 Å². The van der Waals surface area contributed by atoms with E-state index in [1.54, 1.807) is 31.4 Å². The van der Waals surface area contributed by atoms with Crippen molar-refractivity contribution in [3.8, 4) is 0 Å². The normalized spacial score (nSPS) is 24.8. The van der Waals surface area contributed by atoms with Gasteiger partial charge in [-0.3, -0.25) is 4.79 Å². The molecule has 1 aliphatic heterocycles. The Morgan fingerprint density at radius 3 is 2.16 bits per heavy atom. The number of carbonyl (C=O) groups excluding carboxylic acids is 2. The standard InChI is InChI=1S/C24H38O6Si/c1-22(2,3)21(26)24(16-28-20(25)17-13-11-10-12-14-17)18(15-19(27-7)29-24)30-31(8,9)23(4,5)6/h10-14,18-19H,15-16H2,1-9H3/t18-,19?,24+/m0/s1. The van der Waals surface area contributed by atoms with Crippen LogP contribution in [-0.2, 0) is 23.4 Å². The Morgan fingerprint density at radius 1 is 1.10 bits per heavy atom. The van der Waals surface area contributed by atoms with Gasteiger partial charge in [-0.15, -0.1) is 0 Å². The molecular weight excluding hydrogens is 412 g/mol. The molecule has 1 aliphatic rings. The van der Waals surface area contributed by atoms with Crippen molar-refractivity contribution < 1.29 is 28.2 Å². The van der Waals surface area contributed by atoms with E-state index in [4.69, 9.17) is 18.6 Å². The molecule has 1 aromatic rings. The maximum absolute atomic E-state index is 13.7. The topological polar surface area (TPSA) is 71.1 Å². The van der Waals surface area contributed by atoms with Crippen molar-refractivity contribution in [1.82, 2.24) is 0 Å². The second-order valence-electron chi connectivity index (χ2n) is 10.8. The largest absolute Gasteiger partial charge is 0.458 e. The molecule has 0 amide bonds. The lowest BCUT2D eigenvalue weighted by atomic mass is 9.78. The number of methoxy groups -OCH3 is 1. The zero-order valence-electron chi connectivity index (χ0n) is 20.4. The first-order valence-corrected chi connectivity index (χ1v) is 13.7. The Kier molecular flexibility index (Phi) is 7.58. The van der Waals surface area contributed by atoms with Crippen LogP contribution in [0.15, 0.2) is 30.3 Å². The Morgan fingerprint density at radius 2 is 1.68 bits per heavy atom. The molecule has 0 radical (unpaired) electrons. The van der Waals surface area contributed by atoms with E-state index in [0.29, 0.717) is 12.0 Å². The van der Waals surface area contributed by atoms with Gasteiger partial charge in [-0.2, -0.15) is 0 Å². The van der Waals surface area contributed by atoms with Crippen LogP contribution in [0, 0.1) is 5.41 Å². The van der Waals surface area contributed by atoms with Gasteiger partial charge in [0.2, 0.25) is 0 Å². The molecule has 1 aromatic carbocycles. The van der Waals surface area contributed by atoms with Gasteiger partial charge in [0.25, 0.3) is 0 Å². The maximum Gasteiger partial charge on any atom is 0.338 e. The van der Waals surface area contributed by atoms with Crippen molar-refractivity contribution in [2.24, 2.45) is 5.41 Å². The third-order valence-electron chi connectivity index (χ3n) is 6.27. The van der Waals surface area contributed by atoms with Crippen LogP contribution in [-0.4, -0.2) is 51.8 Å². The summed E-state index contributed by atoms with van der Waals surface area (Å²) in [7, 11) is -0.711. The minimum atomic E-state index is -2.25. The van der Waals surface area contributed by atoms with E-state index in [1.165, 1.54) is 0 Å². The fourth-order valence-corrected chi connectivity index (χ4v) is 4.75. The quantitative estimate of drug-likeness (QED) is 0.431. The van der Waals surface area contributed by atoms with E-state index in [1.807, 2.05) is 26.8 Å². The number of esters is 1. The molecule has 0 bridgehead atoms. The lowest BCUT2D eigenvalue weighted by Crippen LogP contribution is -2.59. The zero-order chi connectivity index (χ0) is 23.7. The van der Waals surface area contributed by atoms with Crippen LogP contribution in [0.2, 0.25) is 18.1 Å². The van der Waals surface area contributed by atoms with Gasteiger partial charge in [0, 0.05) is 18.9 Å². The number of Topliss-reactive ketones (excluding diaryl/α,β-unsaturated/α-hetero) is 1. The molecule has 1 unspecified atom stereocenters. The molecule has 0 N–H and O–H groups in total. The third-order valence-corrected chi connectivity index (χ3v) is 10.8. The smallest absolute Gasteiger partial charge is 0.338 e. The van der Waals surface area contributed by atoms with E-state index in [2.05, 4.69) is 33.9 Å². The fraction of sp³-hybridized carbons (Fsp3) is 0.667. The fourth-order valence-electron chi connectivity index (χ4n) is 3.40. The number of ketones is 1. The second-order valence-corrected chi connectivity index (χ2v) is 15.6. The van der Waals surface area contributed by atoms with Gasteiger partial charge in [-0.05, 0) is 30.3 Å². The molecule has 1 heterocycles. The average Bonchev–Trinajstić information content (AvgIpc) is 3.02. The summed E-state index contributed by atoms with van der Waals surface area (Å²) in [6.45, 7) is 16.0. The van der Waals surface area contributed by atoms with Crippen molar-refractivity contribution >= 4 is 20.1 Å². The van der Waals surface area contributed by atoms with Crippen LogP contribution < -0.4 is 0 Å². The molecule has 2 rings (SSSR count). The number of carbonyl (C=O) groups is 2. The van der Waals surface area contributed by atoms with Gasteiger partial charge in [0.15, 0.2) is 26.0 Å². The summed E-state index contributed by atoms with van der Waals surface area (Å²) in [6.07, 6.45) is -0.793. The van der Waals surface area contributed by atoms with Crippen LogP contribution in [0.25, 0.3) is 0 Å². The molecule has 0 saturated carbocycles. The SMILES string of the molecule is COC1C[C@H](O[Si](C)(C)C(C)(C)C)[C@](COC(=O)c2ccccc2)(C(=O)C(C)(C)C)O1. The van der Waals surface area contributed by atoms with Crippen molar-refractivity contribution in [3.63, 3.8) is 0 Å². The lowest BCUT2D eigenvalue weighted by Gasteiger charge is -2.43. The van der Waals surface area contributed by atoms with E-state index >= 15 is 0 Å². The summed E-state index contributed by atoms with van der Waals surface area (Å²) in [5.41, 5.74) is -1.74. The number of ether oxygens (including phenoxy) is 3. The molecule has 31 heavy (non-hydrogen) atoms. The Bertz CT molecular complexity index is 777. The molecule has 1 saturated heterocycles. The molecule has 1 fully saturated rings. The molecule has 0 aliphatic carbocycles. The summed E-state index contributed by atoms with van der Waals surface area (Å²) in [5.74, 6) is -0.665. The van der Waals surface area contributed by atoms with Crippen molar-refractivity contribution in [1.29, 1.82) is 0 Å². The van der Waals surface area contributed by atoms with Crippen molar-refractivity contribution in [2.75, 3.05) is 13.7 Å². The summed E-state index contributed by atoms with van der Waals surface area (Å²) >= 11 is 0. The lowest BCUT2D eigenvalue weighted by molar-refractivity contribution is -0.192. The predicted octanol–water partition coefficient (Wildman–Crippen LogP) is 4.98. The van der Waals surface area contributed by atoms with Crippen molar-refractivity contribution in [2.45, 2.75) is 84.1 Å². The minimum Gasteiger partial charge on any atom is -0.458 e. The Labute approximate surface area is 187 Å². The zero-order valence-corrected chi connectivity index (χ0v) is 21.4. The molecule has 0 aromatic heterocycles. The highest BCUT2D eigenvalue weighted by Crippen LogP contribution is 2.45. The molecule has 3 atom stereocenters. The van der Waals surface area contributed by atoms with Gasteiger partial charge in [0.05, 0.1) is 11.7 Å². The van der Waals surface area contributed by atoms with Crippen LogP contribution >= 0.6 is 0 Å². The van der Waals surface area contributed by atoms with Crippen LogP contribution in [0.1, 0.15) is 58.3 Å². The first kappa shape index (κ1) is 25.7. The van der Waals surface area contributed by atoms with Crippen LogP contribution in [0.3, 0.4) is 0 Å². The first-order chi connectivity index (χ1) is 14.1. The Hall–Kier alpha value is -1.54. The third kappa shape index (κ3) is 5.63. The highest BCUT2D eigenvalue weighted by atomic mass is 28.4. The van der Waals surface area contributed by atoms with Gasteiger partial charge in [0.1, 0.15) is 6.61 Å². The summed E-state index contributed by atoms with van der Waals surface area (Å²) in [5, 5.41) is -0.0601. The maximum atomic E-state index is 13.7. The molecule has 6 nitrogen and oxygen atoms in total. The van der Waals surface area contributed by atoms with E-state index in [9.17, 15) is 9.59 Å². The van der Waals surface area contributed by atoms with Gasteiger partial charge < -0.3 is 18.6 Å². The summed E-state index contributed by atoms with van der Waals surface area (Å²) in [6, 6.07) is 8.72. The van der Waals surface area contributed by atoms with Gasteiger partial charge in [-0.25, -0.2) is 4.79 Å². The van der Waals surface area contributed by atoms with Crippen LogP contribution in [0.5, 0.6) is 0 Å². The number of hydrogen-bond acceptors (Lipinski definition) is 6. The second kappa shape index (κ2) is 9.14. The van der Waals surface area contributed by atoms with Gasteiger partial charge >= 0.3 is 5.97 Å². The molecule has 7 heteroatoms. The Balaban J connectivity index is 2.42.